The monoisotopic (exact) mass is 302 g/mol. The van der Waals surface area contributed by atoms with Gasteiger partial charge in [-0.15, -0.1) is 0 Å². The molecule has 2 saturated heterocycles. The molecule has 0 aliphatic carbocycles. The number of nitrogens with zero attached hydrogens (tertiary/aromatic N) is 2. The maximum atomic E-state index is 12.6. The van der Waals surface area contributed by atoms with Crippen molar-refractivity contribution in [2.24, 2.45) is 11.8 Å². The van der Waals surface area contributed by atoms with E-state index in [2.05, 4.69) is 13.8 Å². The Balaban J connectivity index is 2.06. The van der Waals surface area contributed by atoms with Crippen molar-refractivity contribution in [2.75, 3.05) is 26.2 Å². The molecule has 2 aliphatic rings. The Morgan fingerprint density at radius 3 is 2.50 bits per heavy atom. The van der Waals surface area contributed by atoms with Crippen LogP contribution in [-0.4, -0.2) is 55.0 Å². The molecule has 5 nitrogen and oxygen atoms in total. The van der Waals surface area contributed by atoms with Crippen LogP contribution in [0.15, 0.2) is 0 Å². The molecule has 0 spiro atoms. The van der Waals surface area contributed by atoms with Crippen LogP contribution in [0.3, 0.4) is 0 Å². The predicted octanol–water partition coefficient (Wildman–Crippen LogP) is 1.30. The largest absolute Gasteiger partial charge is 0.343 e. The number of hydrogen-bond donors (Lipinski definition) is 0. The zero-order chi connectivity index (χ0) is 14.9. The molecular formula is C14H26N2O3S. The first-order valence-electron chi connectivity index (χ1n) is 7.57. The van der Waals surface area contributed by atoms with Crippen LogP contribution >= 0.6 is 0 Å². The van der Waals surface area contributed by atoms with Gasteiger partial charge >= 0.3 is 0 Å². The molecule has 116 valence electrons. The van der Waals surface area contributed by atoms with Crippen molar-refractivity contribution in [1.29, 1.82) is 0 Å². The summed E-state index contributed by atoms with van der Waals surface area (Å²) in [6, 6.07) is 0. The van der Waals surface area contributed by atoms with Gasteiger partial charge in [-0.05, 0) is 31.1 Å². The third kappa shape index (κ3) is 3.17. The molecule has 0 aromatic carbocycles. The van der Waals surface area contributed by atoms with E-state index in [0.717, 1.165) is 12.8 Å². The van der Waals surface area contributed by atoms with Crippen molar-refractivity contribution >= 4 is 15.9 Å². The molecule has 2 rings (SSSR count). The normalized spacial score (nSPS) is 30.3. The molecule has 0 aromatic rings. The van der Waals surface area contributed by atoms with E-state index in [1.54, 1.807) is 16.1 Å². The lowest BCUT2D eigenvalue weighted by Gasteiger charge is -2.21. The summed E-state index contributed by atoms with van der Waals surface area (Å²) in [6.07, 6.45) is 2.31. The highest BCUT2D eigenvalue weighted by atomic mass is 32.2. The summed E-state index contributed by atoms with van der Waals surface area (Å²) in [6.45, 7) is 8.36. The molecule has 0 N–H and O–H groups in total. The number of amides is 1. The lowest BCUT2D eigenvalue weighted by atomic mass is 10.0. The van der Waals surface area contributed by atoms with Crippen LogP contribution in [0.5, 0.6) is 0 Å². The lowest BCUT2D eigenvalue weighted by Crippen LogP contribution is -2.34. The van der Waals surface area contributed by atoms with E-state index in [-0.39, 0.29) is 17.1 Å². The summed E-state index contributed by atoms with van der Waals surface area (Å²) >= 11 is 0. The minimum atomic E-state index is -3.16. The summed E-state index contributed by atoms with van der Waals surface area (Å²) in [7, 11) is -3.16. The average Bonchev–Trinajstić information content (AvgIpc) is 2.52. The Bertz CT molecular complexity index is 461. The Morgan fingerprint density at radius 1 is 1.25 bits per heavy atom. The van der Waals surface area contributed by atoms with Crippen LogP contribution in [0.4, 0.5) is 0 Å². The number of fused-ring (bicyclic) bond motifs is 1. The van der Waals surface area contributed by atoms with E-state index >= 15 is 0 Å². The van der Waals surface area contributed by atoms with E-state index in [0.29, 0.717) is 38.5 Å². The Morgan fingerprint density at radius 2 is 1.90 bits per heavy atom. The molecule has 1 amide bonds. The first-order chi connectivity index (χ1) is 9.32. The molecule has 0 unspecified atom stereocenters. The maximum Gasteiger partial charge on any atom is 0.219 e. The molecule has 20 heavy (non-hydrogen) atoms. The zero-order valence-corrected chi connectivity index (χ0v) is 13.5. The molecular weight excluding hydrogens is 276 g/mol. The quantitative estimate of drug-likeness (QED) is 0.790. The number of rotatable bonds is 3. The fourth-order valence-electron chi connectivity index (χ4n) is 3.23. The van der Waals surface area contributed by atoms with Crippen molar-refractivity contribution in [3.8, 4) is 0 Å². The first kappa shape index (κ1) is 15.8. The molecule has 0 bridgehead atoms. The second-order valence-electron chi connectivity index (χ2n) is 6.47. The summed E-state index contributed by atoms with van der Waals surface area (Å²) in [4.78, 5) is 13.2. The smallest absolute Gasteiger partial charge is 0.219 e. The number of carbonyl (C=O) groups is 1. The standard InChI is InChI=1S/C14H26N2O3S/c1-11(2)4-9-16-10-13-5-7-15(12(3)17)8-6-14(13)20(16,18)19/h11,13-14H,4-10H2,1-3H3/t13-,14-/m0/s1. The van der Waals surface area contributed by atoms with Gasteiger partial charge in [-0.3, -0.25) is 4.79 Å². The van der Waals surface area contributed by atoms with Gasteiger partial charge in [0.05, 0.1) is 5.25 Å². The summed E-state index contributed by atoms with van der Waals surface area (Å²) in [5.41, 5.74) is 0. The van der Waals surface area contributed by atoms with Crippen LogP contribution < -0.4 is 0 Å². The van der Waals surface area contributed by atoms with Gasteiger partial charge in [0.15, 0.2) is 0 Å². The van der Waals surface area contributed by atoms with Gasteiger partial charge in [0.1, 0.15) is 0 Å². The number of hydrogen-bond acceptors (Lipinski definition) is 3. The minimum Gasteiger partial charge on any atom is -0.343 e. The highest BCUT2D eigenvalue weighted by Gasteiger charge is 2.46. The van der Waals surface area contributed by atoms with Crippen LogP contribution in [0.1, 0.15) is 40.0 Å². The van der Waals surface area contributed by atoms with Crippen molar-refractivity contribution < 1.29 is 13.2 Å². The topological polar surface area (TPSA) is 57.7 Å². The fourth-order valence-corrected chi connectivity index (χ4v) is 5.49. The van der Waals surface area contributed by atoms with Crippen LogP contribution in [0, 0.1) is 11.8 Å². The van der Waals surface area contributed by atoms with Gasteiger partial charge in [-0.1, -0.05) is 13.8 Å². The Kier molecular flexibility index (Phi) is 4.74. The molecule has 2 fully saturated rings. The molecule has 2 heterocycles. The van der Waals surface area contributed by atoms with Gasteiger partial charge in [-0.25, -0.2) is 12.7 Å². The molecule has 2 atom stereocenters. The van der Waals surface area contributed by atoms with Gasteiger partial charge < -0.3 is 4.90 Å². The van der Waals surface area contributed by atoms with Crippen molar-refractivity contribution in [2.45, 2.75) is 45.3 Å². The van der Waals surface area contributed by atoms with E-state index < -0.39 is 10.0 Å². The third-order valence-electron chi connectivity index (χ3n) is 4.56. The fraction of sp³-hybridized carbons (Fsp3) is 0.929. The molecule has 2 aliphatic heterocycles. The van der Waals surface area contributed by atoms with Gasteiger partial charge in [0.25, 0.3) is 0 Å². The van der Waals surface area contributed by atoms with Crippen molar-refractivity contribution in [3.63, 3.8) is 0 Å². The van der Waals surface area contributed by atoms with Crippen LogP contribution in [0.25, 0.3) is 0 Å². The SMILES string of the molecule is CC(=O)N1CC[C@H]2CN(CCC(C)C)S(=O)(=O)[C@H]2CC1. The zero-order valence-electron chi connectivity index (χ0n) is 12.7. The van der Waals surface area contributed by atoms with Crippen LogP contribution in [-0.2, 0) is 14.8 Å². The highest BCUT2D eigenvalue weighted by molar-refractivity contribution is 7.90. The third-order valence-corrected chi connectivity index (χ3v) is 7.00. The average molecular weight is 302 g/mol. The summed E-state index contributed by atoms with van der Waals surface area (Å²) in [5, 5.41) is -0.279. The van der Waals surface area contributed by atoms with Crippen LogP contribution in [0.2, 0.25) is 0 Å². The number of carbonyl (C=O) groups excluding carboxylic acids is 1. The maximum absolute atomic E-state index is 12.6. The van der Waals surface area contributed by atoms with E-state index in [9.17, 15) is 13.2 Å². The van der Waals surface area contributed by atoms with E-state index in [1.807, 2.05) is 0 Å². The van der Waals surface area contributed by atoms with Gasteiger partial charge in [-0.2, -0.15) is 0 Å². The van der Waals surface area contributed by atoms with E-state index in [1.165, 1.54) is 0 Å². The minimum absolute atomic E-state index is 0.0547. The number of sulfonamides is 1. The van der Waals surface area contributed by atoms with Gasteiger partial charge in [0.2, 0.25) is 15.9 Å². The lowest BCUT2D eigenvalue weighted by molar-refractivity contribution is -0.128. The molecule has 6 heteroatoms. The summed E-state index contributed by atoms with van der Waals surface area (Å²) in [5.74, 6) is 0.763. The molecule has 0 aromatic heterocycles. The highest BCUT2D eigenvalue weighted by Crippen LogP contribution is 2.34. The van der Waals surface area contributed by atoms with E-state index in [4.69, 9.17) is 0 Å². The Hall–Kier alpha value is -0.620. The molecule has 0 saturated carbocycles. The first-order valence-corrected chi connectivity index (χ1v) is 9.07. The van der Waals surface area contributed by atoms with Crippen molar-refractivity contribution in [3.05, 3.63) is 0 Å². The second kappa shape index (κ2) is 6.02. The summed E-state index contributed by atoms with van der Waals surface area (Å²) < 4.78 is 26.9. The Labute approximate surface area is 122 Å². The second-order valence-corrected chi connectivity index (χ2v) is 8.62. The number of likely N-dealkylation sites (tertiary alicyclic amines) is 1. The predicted molar refractivity (Wildman–Crippen MR) is 78.7 cm³/mol. The van der Waals surface area contributed by atoms with Gasteiger partial charge in [0, 0.05) is 33.1 Å². The molecule has 0 radical (unpaired) electrons. The van der Waals surface area contributed by atoms with Crippen molar-refractivity contribution in [1.82, 2.24) is 9.21 Å².